The van der Waals surface area contributed by atoms with Crippen LogP contribution in [0.1, 0.15) is 18.7 Å². The second-order valence-electron chi connectivity index (χ2n) is 4.40. The summed E-state index contributed by atoms with van der Waals surface area (Å²) in [5.74, 6) is 1.88. The van der Waals surface area contributed by atoms with Gasteiger partial charge in [0.25, 0.3) is 0 Å². The number of rotatable bonds is 4. The number of aromatic nitrogens is 5. The summed E-state index contributed by atoms with van der Waals surface area (Å²) < 4.78 is 8.79. The maximum Gasteiger partial charge on any atom is 0.226 e. The van der Waals surface area contributed by atoms with Gasteiger partial charge in [-0.2, -0.15) is 0 Å². The highest BCUT2D eigenvalue weighted by Gasteiger charge is 2.14. The van der Waals surface area contributed by atoms with E-state index < -0.39 is 0 Å². The summed E-state index contributed by atoms with van der Waals surface area (Å²) in [6, 6.07) is 8.22. The number of hydrogen-bond donors (Lipinski definition) is 0. The van der Waals surface area contributed by atoms with Crippen molar-refractivity contribution >= 4 is 38.3 Å². The number of thioether (sulfide) groups is 1. The normalized spacial score (nSPS) is 11.7. The summed E-state index contributed by atoms with van der Waals surface area (Å²) in [6.07, 6.45) is 0.752. The molecule has 0 unspecified atom stereocenters. The Bertz CT molecular complexity index is 910. The van der Waals surface area contributed by atoms with E-state index >= 15 is 0 Å². The molecule has 0 aliphatic rings. The number of benzene rings is 1. The first-order valence-electron chi connectivity index (χ1n) is 6.52. The highest BCUT2D eigenvalue weighted by molar-refractivity contribution is 7.98. The number of fused-ring (bicyclic) bond motifs is 3. The molecule has 8 heteroatoms. The van der Waals surface area contributed by atoms with E-state index in [1.165, 1.54) is 4.70 Å². The van der Waals surface area contributed by atoms with E-state index in [-0.39, 0.29) is 0 Å². The van der Waals surface area contributed by atoms with Gasteiger partial charge in [0.2, 0.25) is 16.7 Å². The molecule has 0 aliphatic carbocycles. The van der Waals surface area contributed by atoms with Crippen LogP contribution in [0.3, 0.4) is 0 Å². The maximum atomic E-state index is 5.51. The lowest BCUT2D eigenvalue weighted by Crippen LogP contribution is -1.87. The predicted molar refractivity (Wildman–Crippen MR) is 81.6 cm³/mol. The van der Waals surface area contributed by atoms with Gasteiger partial charge in [-0.15, -0.1) is 20.4 Å². The van der Waals surface area contributed by atoms with Crippen LogP contribution in [-0.4, -0.2) is 24.8 Å². The summed E-state index contributed by atoms with van der Waals surface area (Å²) in [5, 5.41) is 17.3. The lowest BCUT2D eigenvalue weighted by atomic mass is 10.3. The van der Waals surface area contributed by atoms with Gasteiger partial charge >= 0.3 is 0 Å². The van der Waals surface area contributed by atoms with Crippen molar-refractivity contribution in [1.82, 2.24) is 24.8 Å². The summed E-state index contributed by atoms with van der Waals surface area (Å²) >= 11 is 3.19. The average Bonchev–Trinajstić information content (AvgIpc) is 3.20. The van der Waals surface area contributed by atoms with Crippen molar-refractivity contribution in [3.05, 3.63) is 36.0 Å². The van der Waals surface area contributed by atoms with Crippen LogP contribution >= 0.6 is 23.1 Å². The first-order chi connectivity index (χ1) is 10.3. The Morgan fingerprint density at radius 2 is 2.00 bits per heavy atom. The van der Waals surface area contributed by atoms with Crippen LogP contribution in [0.2, 0.25) is 0 Å². The summed E-state index contributed by atoms with van der Waals surface area (Å²) in [5.41, 5.74) is 1.13. The van der Waals surface area contributed by atoms with Crippen molar-refractivity contribution in [3.8, 4) is 0 Å². The molecule has 0 bridgehead atoms. The Balaban J connectivity index is 1.66. The molecule has 3 heterocycles. The van der Waals surface area contributed by atoms with E-state index in [0.717, 1.165) is 22.1 Å². The number of thiazole rings is 1. The second-order valence-corrected chi connectivity index (χ2v) is 6.35. The molecule has 0 atom stereocenters. The number of nitrogens with zero attached hydrogens (tertiary/aromatic N) is 5. The third-order valence-electron chi connectivity index (χ3n) is 3.05. The van der Waals surface area contributed by atoms with Crippen LogP contribution < -0.4 is 0 Å². The molecule has 21 heavy (non-hydrogen) atoms. The zero-order valence-corrected chi connectivity index (χ0v) is 12.8. The Labute approximate surface area is 128 Å². The van der Waals surface area contributed by atoms with Gasteiger partial charge in [-0.05, 0) is 12.1 Å². The first kappa shape index (κ1) is 12.8. The topological polar surface area (TPSA) is 69.1 Å². The van der Waals surface area contributed by atoms with Crippen LogP contribution in [0.15, 0.2) is 33.8 Å². The molecule has 0 N–H and O–H groups in total. The SMILES string of the molecule is CCc1nnc(CSc2nnc3sc4ccccc4n23)o1. The number of aryl methyl sites for hydroxylation is 1. The molecule has 0 spiro atoms. The predicted octanol–water partition coefficient (Wildman–Crippen LogP) is 3.18. The summed E-state index contributed by atoms with van der Waals surface area (Å²) in [4.78, 5) is 0.901. The fourth-order valence-corrected chi connectivity index (χ4v) is 3.87. The van der Waals surface area contributed by atoms with Crippen molar-refractivity contribution in [2.24, 2.45) is 0 Å². The Morgan fingerprint density at radius 3 is 2.86 bits per heavy atom. The lowest BCUT2D eigenvalue weighted by Gasteiger charge is -1.96. The van der Waals surface area contributed by atoms with Gasteiger partial charge in [-0.25, -0.2) is 0 Å². The molecule has 0 amide bonds. The van der Waals surface area contributed by atoms with Gasteiger partial charge in [0.05, 0.1) is 16.0 Å². The van der Waals surface area contributed by atoms with Crippen LogP contribution in [0.5, 0.6) is 0 Å². The van der Waals surface area contributed by atoms with Crippen molar-refractivity contribution in [2.45, 2.75) is 24.3 Å². The highest BCUT2D eigenvalue weighted by Crippen LogP contribution is 2.30. The fourth-order valence-electron chi connectivity index (χ4n) is 2.06. The minimum Gasteiger partial charge on any atom is -0.424 e. The molecule has 6 nitrogen and oxygen atoms in total. The van der Waals surface area contributed by atoms with E-state index in [4.69, 9.17) is 4.42 Å². The molecule has 4 rings (SSSR count). The quantitative estimate of drug-likeness (QED) is 0.538. The van der Waals surface area contributed by atoms with E-state index in [0.29, 0.717) is 17.5 Å². The van der Waals surface area contributed by atoms with Gasteiger partial charge in [-0.3, -0.25) is 4.40 Å². The largest absolute Gasteiger partial charge is 0.424 e. The zero-order valence-electron chi connectivity index (χ0n) is 11.2. The van der Waals surface area contributed by atoms with E-state index in [1.807, 2.05) is 19.1 Å². The average molecular weight is 317 g/mol. The van der Waals surface area contributed by atoms with E-state index in [9.17, 15) is 0 Å². The van der Waals surface area contributed by atoms with E-state index in [1.54, 1.807) is 23.1 Å². The molecule has 1 aromatic carbocycles. The maximum absolute atomic E-state index is 5.51. The summed E-state index contributed by atoms with van der Waals surface area (Å²) in [7, 11) is 0. The molecule has 0 radical (unpaired) electrons. The Morgan fingerprint density at radius 1 is 1.14 bits per heavy atom. The fraction of sp³-hybridized carbons (Fsp3) is 0.231. The minimum absolute atomic E-state index is 0.595. The van der Waals surface area contributed by atoms with E-state index in [2.05, 4.69) is 36.9 Å². The number of para-hydroxylation sites is 1. The van der Waals surface area contributed by atoms with Gasteiger partial charge in [0.1, 0.15) is 0 Å². The smallest absolute Gasteiger partial charge is 0.226 e. The van der Waals surface area contributed by atoms with Crippen LogP contribution in [0.4, 0.5) is 0 Å². The molecule has 0 saturated carbocycles. The number of hydrogen-bond acceptors (Lipinski definition) is 7. The monoisotopic (exact) mass is 317 g/mol. The third-order valence-corrected chi connectivity index (χ3v) is 4.97. The molecule has 0 aliphatic heterocycles. The van der Waals surface area contributed by atoms with Crippen molar-refractivity contribution in [3.63, 3.8) is 0 Å². The third kappa shape index (κ3) is 2.20. The lowest BCUT2D eigenvalue weighted by molar-refractivity contribution is 0.470. The molecular weight excluding hydrogens is 306 g/mol. The van der Waals surface area contributed by atoms with Gasteiger partial charge in [0, 0.05) is 6.42 Å². The second kappa shape index (κ2) is 5.12. The Hall–Kier alpha value is -1.93. The highest BCUT2D eigenvalue weighted by atomic mass is 32.2. The van der Waals surface area contributed by atoms with Gasteiger partial charge in [0.15, 0.2) is 5.16 Å². The first-order valence-corrected chi connectivity index (χ1v) is 8.32. The zero-order chi connectivity index (χ0) is 14.2. The van der Waals surface area contributed by atoms with Crippen LogP contribution in [0, 0.1) is 0 Å². The van der Waals surface area contributed by atoms with Crippen LogP contribution in [0.25, 0.3) is 15.2 Å². The molecule has 4 aromatic rings. The molecular formula is C13H11N5OS2. The van der Waals surface area contributed by atoms with Crippen LogP contribution in [-0.2, 0) is 12.2 Å². The molecule has 3 aromatic heterocycles. The minimum atomic E-state index is 0.595. The van der Waals surface area contributed by atoms with Gasteiger partial charge in [-0.1, -0.05) is 42.2 Å². The standard InChI is InChI=1S/C13H11N5OS2/c1-2-10-14-15-11(19-10)7-20-12-16-17-13-18(12)8-5-3-4-6-9(8)21-13/h3-6H,2,7H2,1H3. The van der Waals surface area contributed by atoms with Gasteiger partial charge < -0.3 is 4.42 Å². The summed E-state index contributed by atoms with van der Waals surface area (Å²) in [6.45, 7) is 1.99. The van der Waals surface area contributed by atoms with Crippen molar-refractivity contribution in [2.75, 3.05) is 0 Å². The molecule has 0 fully saturated rings. The van der Waals surface area contributed by atoms with Crippen molar-refractivity contribution < 1.29 is 4.42 Å². The van der Waals surface area contributed by atoms with Crippen molar-refractivity contribution in [1.29, 1.82) is 0 Å². The molecule has 106 valence electrons. The molecule has 0 saturated heterocycles. The Kier molecular flexibility index (Phi) is 3.12.